The molecule has 0 unspecified atom stereocenters. The number of carbonyl (C=O) groups is 1. The van der Waals surface area contributed by atoms with Gasteiger partial charge in [-0.2, -0.15) is 0 Å². The summed E-state index contributed by atoms with van der Waals surface area (Å²) in [6, 6.07) is 8.50. The molecule has 2 rings (SSSR count). The molecule has 2 aromatic carbocycles. The standard InChI is InChI=1S/C20H25ClN2O4/c1-13-18(25-4)10-14(11-19(13)26-5)20(24)22-15-6-7-17(16(21)12-15)27-9-8-23(2)3/h6-7,10-12H,8-9H2,1-5H3,(H,22,24). The Morgan fingerprint density at radius 2 is 1.70 bits per heavy atom. The van der Waals surface area contributed by atoms with Crippen LogP contribution in [0.3, 0.4) is 0 Å². The lowest BCUT2D eigenvalue weighted by atomic mass is 10.1. The van der Waals surface area contributed by atoms with E-state index in [2.05, 4.69) is 5.32 Å². The second kappa shape index (κ2) is 9.48. The maximum absolute atomic E-state index is 12.6. The topological polar surface area (TPSA) is 60.0 Å². The molecule has 0 aromatic heterocycles. The van der Waals surface area contributed by atoms with Gasteiger partial charge in [0.25, 0.3) is 5.91 Å². The van der Waals surface area contributed by atoms with Crippen LogP contribution >= 0.6 is 11.6 Å². The molecule has 146 valence electrons. The van der Waals surface area contributed by atoms with E-state index in [9.17, 15) is 4.79 Å². The van der Waals surface area contributed by atoms with Crippen molar-refractivity contribution in [3.05, 3.63) is 46.5 Å². The van der Waals surface area contributed by atoms with Crippen LogP contribution < -0.4 is 19.5 Å². The molecule has 1 N–H and O–H groups in total. The zero-order valence-electron chi connectivity index (χ0n) is 16.3. The lowest BCUT2D eigenvalue weighted by Crippen LogP contribution is -2.19. The molecule has 0 aliphatic carbocycles. The van der Waals surface area contributed by atoms with Crippen LogP contribution in [0.4, 0.5) is 5.69 Å². The predicted octanol–water partition coefficient (Wildman–Crippen LogP) is 3.86. The number of rotatable bonds is 8. The number of nitrogens with one attached hydrogen (secondary N) is 1. The van der Waals surface area contributed by atoms with Gasteiger partial charge in [0.15, 0.2) is 0 Å². The summed E-state index contributed by atoms with van der Waals surface area (Å²) in [4.78, 5) is 14.6. The monoisotopic (exact) mass is 392 g/mol. The Labute approximate surface area is 165 Å². The quantitative estimate of drug-likeness (QED) is 0.739. The van der Waals surface area contributed by atoms with Gasteiger partial charge < -0.3 is 24.4 Å². The van der Waals surface area contributed by atoms with Crippen molar-refractivity contribution in [1.29, 1.82) is 0 Å². The summed E-state index contributed by atoms with van der Waals surface area (Å²) < 4.78 is 16.3. The number of nitrogens with zero attached hydrogens (tertiary/aromatic N) is 1. The third-order valence-electron chi connectivity index (χ3n) is 4.00. The molecular weight excluding hydrogens is 368 g/mol. The number of benzene rings is 2. The molecular formula is C20H25ClN2O4. The number of hydrogen-bond donors (Lipinski definition) is 1. The molecule has 0 aliphatic heterocycles. The van der Waals surface area contributed by atoms with Crippen LogP contribution in [-0.2, 0) is 0 Å². The molecule has 0 fully saturated rings. The van der Waals surface area contributed by atoms with E-state index in [1.807, 2.05) is 25.9 Å². The van der Waals surface area contributed by atoms with E-state index in [0.29, 0.717) is 40.1 Å². The minimum atomic E-state index is -0.288. The van der Waals surface area contributed by atoms with E-state index in [4.69, 9.17) is 25.8 Å². The maximum atomic E-state index is 12.6. The molecule has 0 saturated carbocycles. The van der Waals surface area contributed by atoms with E-state index in [1.54, 1.807) is 44.6 Å². The van der Waals surface area contributed by atoms with Crippen LogP contribution in [0, 0.1) is 6.92 Å². The zero-order chi connectivity index (χ0) is 20.0. The maximum Gasteiger partial charge on any atom is 0.255 e. The first-order valence-corrected chi connectivity index (χ1v) is 8.84. The molecule has 0 bridgehead atoms. The number of carbonyl (C=O) groups excluding carboxylic acids is 1. The molecule has 7 heteroatoms. The summed E-state index contributed by atoms with van der Waals surface area (Å²) in [5, 5.41) is 3.26. The molecule has 1 amide bonds. The Morgan fingerprint density at radius 1 is 1.07 bits per heavy atom. The number of ether oxygens (including phenoxy) is 3. The third kappa shape index (κ3) is 5.52. The van der Waals surface area contributed by atoms with Crippen molar-refractivity contribution in [3.63, 3.8) is 0 Å². The van der Waals surface area contributed by atoms with Gasteiger partial charge in [0, 0.05) is 23.4 Å². The van der Waals surface area contributed by atoms with Gasteiger partial charge in [-0.3, -0.25) is 4.79 Å². The van der Waals surface area contributed by atoms with Crippen molar-refractivity contribution in [2.75, 3.05) is 46.8 Å². The number of halogens is 1. The molecule has 0 spiro atoms. The van der Waals surface area contributed by atoms with Crippen LogP contribution in [0.1, 0.15) is 15.9 Å². The summed E-state index contributed by atoms with van der Waals surface area (Å²) in [6.07, 6.45) is 0. The highest BCUT2D eigenvalue weighted by molar-refractivity contribution is 6.32. The molecule has 0 radical (unpaired) electrons. The Bertz CT molecular complexity index is 784. The summed E-state index contributed by atoms with van der Waals surface area (Å²) in [6.45, 7) is 3.18. The van der Waals surface area contributed by atoms with E-state index in [1.165, 1.54) is 0 Å². The largest absolute Gasteiger partial charge is 0.496 e. The summed E-state index contributed by atoms with van der Waals surface area (Å²) in [5.41, 5.74) is 1.83. The van der Waals surface area contributed by atoms with Crippen molar-refractivity contribution in [1.82, 2.24) is 4.90 Å². The number of hydrogen-bond acceptors (Lipinski definition) is 5. The molecule has 0 heterocycles. The Hall–Kier alpha value is -2.44. The Morgan fingerprint density at radius 3 is 2.22 bits per heavy atom. The Balaban J connectivity index is 2.13. The van der Waals surface area contributed by atoms with Crippen molar-refractivity contribution < 1.29 is 19.0 Å². The second-order valence-corrected chi connectivity index (χ2v) is 6.66. The van der Waals surface area contributed by atoms with Crippen LogP contribution in [0.5, 0.6) is 17.2 Å². The number of methoxy groups -OCH3 is 2. The fraction of sp³-hybridized carbons (Fsp3) is 0.350. The second-order valence-electron chi connectivity index (χ2n) is 6.26. The van der Waals surface area contributed by atoms with Crippen LogP contribution in [0.2, 0.25) is 5.02 Å². The molecule has 27 heavy (non-hydrogen) atoms. The van der Waals surface area contributed by atoms with E-state index in [-0.39, 0.29) is 5.91 Å². The van der Waals surface area contributed by atoms with Crippen LogP contribution in [-0.4, -0.2) is 52.3 Å². The molecule has 0 saturated heterocycles. The fourth-order valence-corrected chi connectivity index (χ4v) is 2.69. The number of likely N-dealkylation sites (N-methyl/N-ethyl adjacent to an activating group) is 1. The lowest BCUT2D eigenvalue weighted by Gasteiger charge is -2.14. The van der Waals surface area contributed by atoms with Crippen molar-refractivity contribution in [2.45, 2.75) is 6.92 Å². The summed E-state index contributed by atoms with van der Waals surface area (Å²) >= 11 is 6.26. The lowest BCUT2D eigenvalue weighted by molar-refractivity contribution is 0.102. The third-order valence-corrected chi connectivity index (χ3v) is 4.30. The van der Waals surface area contributed by atoms with Gasteiger partial charge in [0.05, 0.1) is 19.2 Å². The summed E-state index contributed by atoms with van der Waals surface area (Å²) in [7, 11) is 7.05. The first-order valence-electron chi connectivity index (χ1n) is 8.46. The molecule has 6 nitrogen and oxygen atoms in total. The SMILES string of the molecule is COc1cc(C(=O)Nc2ccc(OCCN(C)C)c(Cl)c2)cc(OC)c1C. The normalized spacial score (nSPS) is 10.6. The first kappa shape index (κ1) is 20.9. The first-order chi connectivity index (χ1) is 12.8. The van der Waals surface area contributed by atoms with Gasteiger partial charge >= 0.3 is 0 Å². The summed E-state index contributed by atoms with van der Waals surface area (Å²) in [5.74, 6) is 1.46. The van der Waals surface area contributed by atoms with Gasteiger partial charge in [-0.05, 0) is 51.4 Å². The number of amides is 1. The van der Waals surface area contributed by atoms with Crippen molar-refractivity contribution in [2.24, 2.45) is 0 Å². The molecule has 0 aliphatic rings. The Kier molecular flexibility index (Phi) is 7.33. The van der Waals surface area contributed by atoms with Crippen molar-refractivity contribution in [3.8, 4) is 17.2 Å². The van der Waals surface area contributed by atoms with Gasteiger partial charge in [-0.15, -0.1) is 0 Å². The highest BCUT2D eigenvalue weighted by Gasteiger charge is 2.14. The number of anilines is 1. The average Bonchev–Trinajstić information content (AvgIpc) is 2.63. The minimum absolute atomic E-state index is 0.288. The van der Waals surface area contributed by atoms with Gasteiger partial charge in [-0.1, -0.05) is 11.6 Å². The van der Waals surface area contributed by atoms with E-state index >= 15 is 0 Å². The van der Waals surface area contributed by atoms with E-state index in [0.717, 1.165) is 12.1 Å². The predicted molar refractivity (Wildman–Crippen MR) is 108 cm³/mol. The minimum Gasteiger partial charge on any atom is -0.496 e. The van der Waals surface area contributed by atoms with E-state index < -0.39 is 0 Å². The average molecular weight is 393 g/mol. The molecule has 0 atom stereocenters. The smallest absolute Gasteiger partial charge is 0.255 e. The van der Waals surface area contributed by atoms with Crippen LogP contribution in [0.15, 0.2) is 30.3 Å². The highest BCUT2D eigenvalue weighted by atomic mass is 35.5. The molecule has 2 aromatic rings. The van der Waals surface area contributed by atoms with Crippen LogP contribution in [0.25, 0.3) is 0 Å². The fourth-order valence-electron chi connectivity index (χ4n) is 2.45. The van der Waals surface area contributed by atoms with Gasteiger partial charge in [0.1, 0.15) is 23.9 Å². The van der Waals surface area contributed by atoms with Gasteiger partial charge in [0.2, 0.25) is 0 Å². The van der Waals surface area contributed by atoms with Crippen molar-refractivity contribution >= 4 is 23.2 Å². The zero-order valence-corrected chi connectivity index (χ0v) is 17.0. The van der Waals surface area contributed by atoms with Gasteiger partial charge in [-0.25, -0.2) is 0 Å². The highest BCUT2D eigenvalue weighted by Crippen LogP contribution is 2.31.